The van der Waals surface area contributed by atoms with Gasteiger partial charge in [-0.2, -0.15) is 0 Å². The molecule has 4 nitrogen and oxygen atoms in total. The Balaban J connectivity index is 2.48. The molecule has 1 heterocycles. The van der Waals surface area contributed by atoms with Crippen LogP contribution < -0.4 is 5.32 Å². The molecule has 0 aromatic rings. The molecule has 0 radical (unpaired) electrons. The van der Waals surface area contributed by atoms with Crippen molar-refractivity contribution in [1.29, 1.82) is 0 Å². The number of nitrogens with one attached hydrogen (secondary N) is 1. The van der Waals surface area contributed by atoms with Crippen molar-refractivity contribution < 1.29 is 9.90 Å². The molecule has 1 amide bonds. The largest absolute Gasteiger partial charge is 0.465 e. The molecule has 0 unspecified atom stereocenters. The van der Waals surface area contributed by atoms with E-state index in [1.807, 2.05) is 0 Å². The number of hydrogen-bond donors (Lipinski definition) is 2. The Bertz CT molecular complexity index is 159. The van der Waals surface area contributed by atoms with Crippen molar-refractivity contribution in [3.63, 3.8) is 0 Å². The molecule has 0 aliphatic carbocycles. The summed E-state index contributed by atoms with van der Waals surface area (Å²) >= 11 is 0. The van der Waals surface area contributed by atoms with Crippen molar-refractivity contribution in [2.45, 2.75) is 25.8 Å². The third-order valence-corrected chi connectivity index (χ3v) is 2.22. The lowest BCUT2D eigenvalue weighted by Crippen LogP contribution is -2.53. The highest BCUT2D eigenvalue weighted by molar-refractivity contribution is 5.65. The Labute approximate surface area is 72.6 Å². The second kappa shape index (κ2) is 4.30. The molecule has 0 spiro atoms. The first kappa shape index (κ1) is 9.32. The third kappa shape index (κ3) is 2.11. The van der Waals surface area contributed by atoms with Crippen LogP contribution in [0.25, 0.3) is 0 Å². The van der Waals surface area contributed by atoms with Crippen LogP contribution in [0.1, 0.15) is 19.8 Å². The summed E-state index contributed by atoms with van der Waals surface area (Å²) in [5.41, 5.74) is 0. The topological polar surface area (TPSA) is 52.6 Å². The molecular weight excluding hydrogens is 156 g/mol. The molecule has 4 heteroatoms. The molecule has 0 bridgehead atoms. The summed E-state index contributed by atoms with van der Waals surface area (Å²) < 4.78 is 0. The van der Waals surface area contributed by atoms with Crippen molar-refractivity contribution in [3.8, 4) is 0 Å². The van der Waals surface area contributed by atoms with E-state index < -0.39 is 6.09 Å². The van der Waals surface area contributed by atoms with Crippen molar-refractivity contribution in [1.82, 2.24) is 10.2 Å². The van der Waals surface area contributed by atoms with Gasteiger partial charge in [0.05, 0.1) is 0 Å². The molecule has 1 atom stereocenters. The second-order valence-electron chi connectivity index (χ2n) is 3.12. The highest BCUT2D eigenvalue weighted by Crippen LogP contribution is 2.09. The lowest BCUT2D eigenvalue weighted by Gasteiger charge is -2.33. The number of amides is 1. The Morgan fingerprint density at radius 1 is 1.75 bits per heavy atom. The van der Waals surface area contributed by atoms with Gasteiger partial charge in [0.2, 0.25) is 0 Å². The maximum Gasteiger partial charge on any atom is 0.407 e. The fraction of sp³-hybridized carbons (Fsp3) is 0.875. The SMILES string of the molecule is CCC[C@H]1CNCCN1C(=O)O. The smallest absolute Gasteiger partial charge is 0.407 e. The van der Waals surface area contributed by atoms with Gasteiger partial charge in [-0.15, -0.1) is 0 Å². The van der Waals surface area contributed by atoms with Crippen LogP contribution in [0.5, 0.6) is 0 Å². The van der Waals surface area contributed by atoms with Gasteiger partial charge in [-0.25, -0.2) is 4.79 Å². The zero-order valence-corrected chi connectivity index (χ0v) is 7.42. The maximum atomic E-state index is 10.7. The van der Waals surface area contributed by atoms with E-state index in [1.54, 1.807) is 4.90 Å². The molecule has 12 heavy (non-hydrogen) atoms. The van der Waals surface area contributed by atoms with Crippen LogP contribution in [0.4, 0.5) is 4.79 Å². The van der Waals surface area contributed by atoms with Crippen LogP contribution in [-0.2, 0) is 0 Å². The van der Waals surface area contributed by atoms with Crippen LogP contribution in [0.15, 0.2) is 0 Å². The fourth-order valence-electron chi connectivity index (χ4n) is 1.60. The van der Waals surface area contributed by atoms with E-state index in [9.17, 15) is 4.79 Å². The van der Waals surface area contributed by atoms with E-state index in [4.69, 9.17) is 5.11 Å². The number of carboxylic acid groups (broad SMARTS) is 1. The number of hydrogen-bond acceptors (Lipinski definition) is 2. The van der Waals surface area contributed by atoms with Crippen molar-refractivity contribution >= 4 is 6.09 Å². The van der Waals surface area contributed by atoms with Crippen LogP contribution in [-0.4, -0.2) is 41.8 Å². The monoisotopic (exact) mass is 172 g/mol. The first-order valence-corrected chi connectivity index (χ1v) is 4.46. The van der Waals surface area contributed by atoms with Gasteiger partial charge >= 0.3 is 6.09 Å². The Kier molecular flexibility index (Phi) is 3.34. The minimum absolute atomic E-state index is 0.182. The Morgan fingerprint density at radius 3 is 3.08 bits per heavy atom. The average molecular weight is 172 g/mol. The lowest BCUT2D eigenvalue weighted by atomic mass is 10.1. The quantitative estimate of drug-likeness (QED) is 0.646. The molecule has 1 fully saturated rings. The van der Waals surface area contributed by atoms with E-state index in [-0.39, 0.29) is 6.04 Å². The summed E-state index contributed by atoms with van der Waals surface area (Å²) in [6.45, 7) is 4.29. The van der Waals surface area contributed by atoms with E-state index in [2.05, 4.69) is 12.2 Å². The maximum absolute atomic E-state index is 10.7. The van der Waals surface area contributed by atoms with E-state index in [0.717, 1.165) is 25.9 Å². The van der Waals surface area contributed by atoms with Crippen LogP contribution in [0, 0.1) is 0 Å². The second-order valence-corrected chi connectivity index (χ2v) is 3.12. The Morgan fingerprint density at radius 2 is 2.50 bits per heavy atom. The summed E-state index contributed by atoms with van der Waals surface area (Å²) in [6, 6.07) is 0.182. The molecule has 0 aromatic heterocycles. The van der Waals surface area contributed by atoms with Gasteiger partial charge in [-0.1, -0.05) is 13.3 Å². The summed E-state index contributed by atoms with van der Waals surface area (Å²) in [5.74, 6) is 0. The van der Waals surface area contributed by atoms with Gasteiger partial charge in [-0.05, 0) is 6.42 Å². The van der Waals surface area contributed by atoms with Crippen molar-refractivity contribution in [2.75, 3.05) is 19.6 Å². The summed E-state index contributed by atoms with van der Waals surface area (Å²) in [5, 5.41) is 12.0. The van der Waals surface area contributed by atoms with Crippen LogP contribution in [0.2, 0.25) is 0 Å². The number of piperazine rings is 1. The molecule has 1 rings (SSSR count). The molecular formula is C8H16N2O2. The summed E-state index contributed by atoms with van der Waals surface area (Å²) in [7, 11) is 0. The van der Waals surface area contributed by atoms with E-state index in [0.29, 0.717) is 6.54 Å². The van der Waals surface area contributed by atoms with Gasteiger partial charge < -0.3 is 15.3 Å². The van der Waals surface area contributed by atoms with Gasteiger partial charge in [0, 0.05) is 25.7 Å². The zero-order valence-electron chi connectivity index (χ0n) is 7.42. The van der Waals surface area contributed by atoms with E-state index >= 15 is 0 Å². The van der Waals surface area contributed by atoms with Crippen molar-refractivity contribution in [2.24, 2.45) is 0 Å². The summed E-state index contributed by atoms with van der Waals surface area (Å²) in [4.78, 5) is 12.3. The molecule has 1 aliphatic rings. The zero-order chi connectivity index (χ0) is 8.97. The first-order valence-electron chi connectivity index (χ1n) is 4.46. The van der Waals surface area contributed by atoms with Crippen LogP contribution in [0.3, 0.4) is 0 Å². The van der Waals surface area contributed by atoms with Gasteiger partial charge in [0.15, 0.2) is 0 Å². The third-order valence-electron chi connectivity index (χ3n) is 2.22. The van der Waals surface area contributed by atoms with Gasteiger partial charge in [0.25, 0.3) is 0 Å². The minimum atomic E-state index is -0.782. The fourth-order valence-corrected chi connectivity index (χ4v) is 1.60. The highest BCUT2D eigenvalue weighted by Gasteiger charge is 2.24. The predicted octanol–water partition coefficient (Wildman–Crippen LogP) is 0.738. The van der Waals surface area contributed by atoms with Gasteiger partial charge in [-0.3, -0.25) is 0 Å². The molecule has 1 saturated heterocycles. The number of rotatable bonds is 2. The molecule has 2 N–H and O–H groups in total. The number of nitrogens with zero attached hydrogens (tertiary/aromatic N) is 1. The lowest BCUT2D eigenvalue weighted by molar-refractivity contribution is 0.109. The van der Waals surface area contributed by atoms with Crippen LogP contribution >= 0.6 is 0 Å². The number of carbonyl (C=O) groups is 1. The first-order chi connectivity index (χ1) is 5.75. The predicted molar refractivity (Wildman–Crippen MR) is 46.3 cm³/mol. The Hall–Kier alpha value is -0.770. The normalized spacial score (nSPS) is 24.1. The highest BCUT2D eigenvalue weighted by atomic mass is 16.4. The molecule has 1 aliphatic heterocycles. The van der Waals surface area contributed by atoms with E-state index in [1.165, 1.54) is 0 Å². The minimum Gasteiger partial charge on any atom is -0.465 e. The molecule has 70 valence electrons. The van der Waals surface area contributed by atoms with Gasteiger partial charge in [0.1, 0.15) is 0 Å². The van der Waals surface area contributed by atoms with Crippen molar-refractivity contribution in [3.05, 3.63) is 0 Å². The summed E-state index contributed by atoms with van der Waals surface area (Å²) in [6.07, 6.45) is 1.21. The standard InChI is InChI=1S/C8H16N2O2/c1-2-3-7-6-9-4-5-10(7)8(11)12/h7,9H,2-6H2,1H3,(H,11,12)/t7-/m0/s1. The average Bonchev–Trinajstić information content (AvgIpc) is 2.05. The molecule has 0 aromatic carbocycles. The molecule has 0 saturated carbocycles.